The topological polar surface area (TPSA) is 59.8 Å². The number of pyridine rings is 1. The molecule has 23 heavy (non-hydrogen) atoms. The molecule has 2 aromatic heterocycles. The number of rotatable bonds is 4. The highest BCUT2D eigenvalue weighted by Gasteiger charge is 2.17. The molecule has 0 unspecified atom stereocenters. The molecule has 3 aromatic rings. The van der Waals surface area contributed by atoms with Crippen LogP contribution in [0.3, 0.4) is 0 Å². The first kappa shape index (κ1) is 15.5. The molecular weight excluding hydrogens is 335 g/mol. The summed E-state index contributed by atoms with van der Waals surface area (Å²) < 4.78 is 1.60. The van der Waals surface area contributed by atoms with Crippen molar-refractivity contribution in [2.24, 2.45) is 0 Å². The maximum atomic E-state index is 12.4. The minimum atomic E-state index is -0.332. The molecule has 0 saturated heterocycles. The molecule has 0 radical (unpaired) electrons. The van der Waals surface area contributed by atoms with Crippen molar-refractivity contribution in [3.63, 3.8) is 0 Å². The molecule has 1 aromatic carbocycles. The summed E-state index contributed by atoms with van der Waals surface area (Å²) in [5.74, 6) is -0.148. The molecule has 0 bridgehead atoms. The van der Waals surface area contributed by atoms with Crippen LogP contribution in [0.25, 0.3) is 5.69 Å². The van der Waals surface area contributed by atoms with Gasteiger partial charge >= 0.3 is 0 Å². The van der Waals surface area contributed by atoms with E-state index in [1.807, 2.05) is 12.1 Å². The molecule has 0 spiro atoms. The maximum Gasteiger partial charge on any atom is 0.276 e. The molecule has 3 rings (SSSR count). The Morgan fingerprint density at radius 2 is 2.00 bits per heavy atom. The van der Waals surface area contributed by atoms with Gasteiger partial charge in [0.25, 0.3) is 5.91 Å². The van der Waals surface area contributed by atoms with Gasteiger partial charge in [-0.2, -0.15) is 5.10 Å². The molecule has 0 aliphatic rings. The molecule has 0 fully saturated rings. The molecule has 0 aliphatic carbocycles. The first-order valence-corrected chi connectivity index (χ1v) is 7.70. The van der Waals surface area contributed by atoms with Gasteiger partial charge in [0, 0.05) is 23.0 Å². The Morgan fingerprint density at radius 1 is 1.22 bits per heavy atom. The normalized spacial score (nSPS) is 10.5. The van der Waals surface area contributed by atoms with Crippen LogP contribution in [0.2, 0.25) is 5.02 Å². The van der Waals surface area contributed by atoms with Crippen molar-refractivity contribution in [2.75, 3.05) is 5.32 Å². The number of carbonyl (C=O) groups is 1. The van der Waals surface area contributed by atoms with E-state index in [1.165, 1.54) is 0 Å². The molecule has 5 nitrogen and oxygen atoms in total. The van der Waals surface area contributed by atoms with Crippen LogP contribution in [-0.2, 0) is 5.88 Å². The summed E-state index contributed by atoms with van der Waals surface area (Å²) in [5, 5.41) is 7.72. The van der Waals surface area contributed by atoms with E-state index in [4.69, 9.17) is 23.2 Å². The minimum absolute atomic E-state index is 0.184. The van der Waals surface area contributed by atoms with Gasteiger partial charge in [0.05, 0.1) is 23.5 Å². The highest BCUT2D eigenvalue weighted by Crippen LogP contribution is 2.18. The van der Waals surface area contributed by atoms with Gasteiger partial charge in [0.2, 0.25) is 0 Å². The number of nitrogens with zero attached hydrogens (tertiary/aromatic N) is 3. The van der Waals surface area contributed by atoms with Crippen LogP contribution in [0.1, 0.15) is 16.1 Å². The zero-order valence-corrected chi connectivity index (χ0v) is 13.4. The van der Waals surface area contributed by atoms with E-state index >= 15 is 0 Å². The van der Waals surface area contributed by atoms with Crippen LogP contribution in [0.5, 0.6) is 0 Å². The maximum absolute atomic E-state index is 12.4. The molecular formula is C16H12Cl2N4O. The Labute approximate surface area is 142 Å². The largest absolute Gasteiger partial charge is 0.319 e. The average molecular weight is 347 g/mol. The van der Waals surface area contributed by atoms with Crippen molar-refractivity contribution < 1.29 is 4.79 Å². The zero-order chi connectivity index (χ0) is 16.2. The van der Waals surface area contributed by atoms with Crippen molar-refractivity contribution >= 4 is 34.8 Å². The number of halogens is 2. The van der Waals surface area contributed by atoms with Crippen molar-refractivity contribution in [1.29, 1.82) is 0 Å². The Morgan fingerprint density at radius 3 is 2.65 bits per heavy atom. The molecule has 1 amide bonds. The first-order chi connectivity index (χ1) is 11.2. The Bertz CT molecular complexity index is 816. The molecule has 0 aliphatic heterocycles. The fourth-order valence-corrected chi connectivity index (χ4v) is 2.37. The molecule has 7 heteroatoms. The zero-order valence-electron chi connectivity index (χ0n) is 11.9. The number of aromatic nitrogens is 3. The number of carbonyl (C=O) groups excluding carboxylic acids is 1. The number of hydrogen-bond donors (Lipinski definition) is 1. The van der Waals surface area contributed by atoms with Gasteiger partial charge in [0.15, 0.2) is 5.69 Å². The second-order valence-corrected chi connectivity index (χ2v) is 5.46. The monoisotopic (exact) mass is 346 g/mol. The number of alkyl halides is 1. The van der Waals surface area contributed by atoms with Crippen LogP contribution >= 0.6 is 23.2 Å². The highest BCUT2D eigenvalue weighted by atomic mass is 35.5. The van der Waals surface area contributed by atoms with Crippen molar-refractivity contribution in [1.82, 2.24) is 14.8 Å². The van der Waals surface area contributed by atoms with E-state index in [2.05, 4.69) is 15.4 Å². The lowest BCUT2D eigenvalue weighted by molar-refractivity contribution is 0.102. The van der Waals surface area contributed by atoms with E-state index in [1.54, 1.807) is 47.5 Å². The van der Waals surface area contributed by atoms with Crippen LogP contribution < -0.4 is 5.32 Å². The van der Waals surface area contributed by atoms with E-state index in [0.29, 0.717) is 16.3 Å². The summed E-state index contributed by atoms with van der Waals surface area (Å²) in [6.45, 7) is 0. The second-order valence-electron chi connectivity index (χ2n) is 4.75. The SMILES string of the molecule is O=C(Nc1cccnc1)c1nn(-c2ccc(Cl)cc2)cc1CCl. The van der Waals surface area contributed by atoms with Gasteiger partial charge in [-0.25, -0.2) is 4.68 Å². The lowest BCUT2D eigenvalue weighted by atomic mass is 10.2. The number of anilines is 1. The lowest BCUT2D eigenvalue weighted by Gasteiger charge is -2.03. The fraction of sp³-hybridized carbons (Fsp3) is 0.0625. The second kappa shape index (κ2) is 6.81. The molecule has 0 atom stereocenters. The summed E-state index contributed by atoms with van der Waals surface area (Å²) in [4.78, 5) is 16.4. The van der Waals surface area contributed by atoms with E-state index < -0.39 is 0 Å². The lowest BCUT2D eigenvalue weighted by Crippen LogP contribution is -2.14. The Kier molecular flexibility index (Phi) is 4.60. The van der Waals surface area contributed by atoms with E-state index in [0.717, 1.165) is 5.69 Å². The Balaban J connectivity index is 1.90. The predicted octanol–water partition coefficient (Wildman–Crippen LogP) is 3.91. The van der Waals surface area contributed by atoms with E-state index in [9.17, 15) is 4.79 Å². The van der Waals surface area contributed by atoms with Gasteiger partial charge < -0.3 is 5.32 Å². The summed E-state index contributed by atoms with van der Waals surface area (Å²) in [7, 11) is 0. The van der Waals surface area contributed by atoms with Crippen molar-refractivity contribution in [3.8, 4) is 5.69 Å². The summed E-state index contributed by atoms with van der Waals surface area (Å²) in [6.07, 6.45) is 4.93. The van der Waals surface area contributed by atoms with Gasteiger partial charge in [-0.15, -0.1) is 11.6 Å². The summed E-state index contributed by atoms with van der Waals surface area (Å²) in [5.41, 5.74) is 2.31. The van der Waals surface area contributed by atoms with Gasteiger partial charge in [-0.1, -0.05) is 11.6 Å². The van der Waals surface area contributed by atoms with E-state index in [-0.39, 0.29) is 17.5 Å². The summed E-state index contributed by atoms with van der Waals surface area (Å²) >= 11 is 11.8. The number of hydrogen-bond acceptors (Lipinski definition) is 3. The fourth-order valence-electron chi connectivity index (χ4n) is 2.05. The number of amides is 1. The third-order valence-corrected chi connectivity index (χ3v) is 3.70. The third kappa shape index (κ3) is 3.52. The van der Waals surface area contributed by atoms with Crippen LogP contribution in [0.4, 0.5) is 5.69 Å². The molecule has 2 heterocycles. The number of nitrogens with one attached hydrogen (secondary N) is 1. The van der Waals surface area contributed by atoms with Gasteiger partial charge in [0.1, 0.15) is 0 Å². The third-order valence-electron chi connectivity index (χ3n) is 3.16. The number of benzene rings is 1. The average Bonchev–Trinajstić information content (AvgIpc) is 3.01. The van der Waals surface area contributed by atoms with Crippen LogP contribution in [0, 0.1) is 0 Å². The molecule has 116 valence electrons. The standard InChI is InChI=1S/C16H12Cl2N4O/c17-8-11-10-22(14-5-3-12(18)4-6-14)21-15(11)16(23)20-13-2-1-7-19-9-13/h1-7,9-10H,8H2,(H,20,23). The quantitative estimate of drug-likeness (QED) is 0.728. The molecule has 1 N–H and O–H groups in total. The smallest absolute Gasteiger partial charge is 0.276 e. The van der Waals surface area contributed by atoms with Crippen molar-refractivity contribution in [3.05, 3.63) is 71.3 Å². The minimum Gasteiger partial charge on any atom is -0.319 e. The van der Waals surface area contributed by atoms with Gasteiger partial charge in [-0.05, 0) is 36.4 Å². The van der Waals surface area contributed by atoms with Crippen LogP contribution in [-0.4, -0.2) is 20.7 Å². The molecule has 0 saturated carbocycles. The Hall–Kier alpha value is -2.37. The van der Waals surface area contributed by atoms with Crippen LogP contribution in [0.15, 0.2) is 55.0 Å². The highest BCUT2D eigenvalue weighted by molar-refractivity contribution is 6.30. The van der Waals surface area contributed by atoms with Crippen molar-refractivity contribution in [2.45, 2.75) is 5.88 Å². The summed E-state index contributed by atoms with van der Waals surface area (Å²) in [6, 6.07) is 10.6. The first-order valence-electron chi connectivity index (χ1n) is 6.79. The van der Waals surface area contributed by atoms with Gasteiger partial charge in [-0.3, -0.25) is 9.78 Å². The predicted molar refractivity (Wildman–Crippen MR) is 90.3 cm³/mol.